The Morgan fingerprint density at radius 3 is 2.63 bits per heavy atom. The van der Waals surface area contributed by atoms with Crippen LogP contribution in [-0.4, -0.2) is 54.6 Å². The van der Waals surface area contributed by atoms with Crippen LogP contribution in [0, 0.1) is 0 Å². The molecule has 1 unspecified atom stereocenters. The summed E-state index contributed by atoms with van der Waals surface area (Å²) in [6.07, 6.45) is 1.75. The predicted molar refractivity (Wildman–Crippen MR) is 106 cm³/mol. The van der Waals surface area contributed by atoms with E-state index in [2.05, 4.69) is 30.4 Å². The molecule has 1 saturated heterocycles. The SMILES string of the molecule is CCN1CC2=Cc3c(c(=O)nc4nc5c(=O)[nH]c(=O)nc5n(CC)c34)=NC2C(=O)N1. The standard InChI is InChI=1S/C18H16N8O4/c1-3-25-6-7-5-8-10(19-9(7)17(29)24-25)15(27)21-13-12(8)26(4-2)14-11(20-13)16(28)23-18(30)22-14/h5,9H,3-4,6H2,1-2H3,(H,24,29)(H,23,28,30). The third-order valence-corrected chi connectivity index (χ3v) is 5.26. The van der Waals surface area contributed by atoms with Crippen LogP contribution in [0.5, 0.6) is 0 Å². The van der Waals surface area contributed by atoms with E-state index in [0.717, 1.165) is 5.57 Å². The van der Waals surface area contributed by atoms with Crippen LogP contribution in [0.1, 0.15) is 19.4 Å². The van der Waals surface area contributed by atoms with E-state index >= 15 is 0 Å². The van der Waals surface area contributed by atoms with Gasteiger partial charge in [-0.1, -0.05) is 6.92 Å². The van der Waals surface area contributed by atoms with E-state index in [1.54, 1.807) is 15.7 Å². The molecule has 0 spiro atoms. The maximum Gasteiger partial charge on any atom is 0.349 e. The fourth-order valence-corrected chi connectivity index (χ4v) is 3.90. The summed E-state index contributed by atoms with van der Waals surface area (Å²) in [5, 5.41) is 1.80. The first kappa shape index (κ1) is 18.2. The minimum absolute atomic E-state index is 0.0480. The Balaban J connectivity index is 1.94. The summed E-state index contributed by atoms with van der Waals surface area (Å²) in [5.74, 6) is -0.316. The number of aromatic nitrogens is 5. The van der Waals surface area contributed by atoms with E-state index in [1.807, 2.05) is 13.8 Å². The molecule has 2 N–H and O–H groups in total. The minimum Gasteiger partial charge on any atom is -0.321 e. The van der Waals surface area contributed by atoms with E-state index in [4.69, 9.17) is 0 Å². The Bertz CT molecular complexity index is 1520. The van der Waals surface area contributed by atoms with Crippen LogP contribution < -0.4 is 27.6 Å². The summed E-state index contributed by atoms with van der Waals surface area (Å²) in [5.41, 5.74) is 2.30. The van der Waals surface area contributed by atoms with Crippen molar-refractivity contribution >= 4 is 34.3 Å². The molecule has 1 atom stereocenters. The van der Waals surface area contributed by atoms with Crippen molar-refractivity contribution in [2.75, 3.05) is 13.1 Å². The Morgan fingerprint density at radius 1 is 1.10 bits per heavy atom. The Labute approximate surface area is 167 Å². The molecule has 2 aliphatic heterocycles. The van der Waals surface area contributed by atoms with Gasteiger partial charge >= 0.3 is 5.69 Å². The number of carbonyl (C=O) groups is 1. The van der Waals surface area contributed by atoms with Crippen LogP contribution in [0.25, 0.3) is 28.4 Å². The number of amides is 1. The third kappa shape index (κ3) is 2.50. The van der Waals surface area contributed by atoms with Gasteiger partial charge in [-0.3, -0.25) is 29.8 Å². The fraction of sp³-hybridized carbons (Fsp3) is 0.333. The number of nitrogens with one attached hydrogen (secondary N) is 2. The molecule has 30 heavy (non-hydrogen) atoms. The molecule has 5 rings (SSSR count). The molecule has 0 aliphatic carbocycles. The molecule has 12 nitrogen and oxygen atoms in total. The number of likely N-dealkylation sites (N-methyl/N-ethyl adjacent to an activating group) is 1. The molecule has 1 amide bonds. The molecule has 1 fully saturated rings. The zero-order valence-electron chi connectivity index (χ0n) is 16.1. The van der Waals surface area contributed by atoms with Gasteiger partial charge in [-0.2, -0.15) is 9.97 Å². The quantitative estimate of drug-likeness (QED) is 0.456. The maximum atomic E-state index is 12.7. The first-order valence-corrected chi connectivity index (χ1v) is 9.43. The van der Waals surface area contributed by atoms with Gasteiger partial charge in [0, 0.05) is 25.2 Å². The normalized spacial score (nSPS) is 18.5. The smallest absolute Gasteiger partial charge is 0.321 e. The second kappa shape index (κ2) is 6.35. The summed E-state index contributed by atoms with van der Waals surface area (Å²) in [6.45, 7) is 5.11. The van der Waals surface area contributed by atoms with Gasteiger partial charge in [-0.25, -0.2) is 14.8 Å². The number of carbonyl (C=O) groups excluding carboxylic acids is 1. The van der Waals surface area contributed by atoms with Crippen molar-refractivity contribution in [3.05, 3.63) is 47.7 Å². The number of hydrogen-bond acceptors (Lipinski definition) is 9. The van der Waals surface area contributed by atoms with Gasteiger partial charge in [0.1, 0.15) is 5.36 Å². The molecule has 0 bridgehead atoms. The van der Waals surface area contributed by atoms with Crippen LogP contribution in [0.2, 0.25) is 0 Å². The van der Waals surface area contributed by atoms with E-state index in [-0.39, 0.29) is 28.1 Å². The van der Waals surface area contributed by atoms with Crippen LogP contribution in [0.4, 0.5) is 0 Å². The fourth-order valence-electron chi connectivity index (χ4n) is 3.90. The largest absolute Gasteiger partial charge is 0.349 e. The van der Waals surface area contributed by atoms with Gasteiger partial charge in [-0.05, 0) is 18.6 Å². The van der Waals surface area contributed by atoms with Gasteiger partial charge in [0.15, 0.2) is 22.9 Å². The molecule has 3 aromatic rings. The number of hydrazine groups is 1. The number of aryl methyl sites for hydroxylation is 1. The summed E-state index contributed by atoms with van der Waals surface area (Å²) in [7, 11) is 0. The lowest BCUT2D eigenvalue weighted by Crippen LogP contribution is -2.55. The lowest BCUT2D eigenvalue weighted by atomic mass is 9.98. The summed E-state index contributed by atoms with van der Waals surface area (Å²) >= 11 is 0. The third-order valence-electron chi connectivity index (χ3n) is 5.26. The number of nitrogens with zero attached hydrogens (tertiary/aromatic N) is 6. The molecular weight excluding hydrogens is 392 g/mol. The summed E-state index contributed by atoms with van der Waals surface area (Å²) < 4.78 is 1.62. The second-order valence-corrected chi connectivity index (χ2v) is 6.99. The van der Waals surface area contributed by atoms with Crippen molar-refractivity contribution < 1.29 is 4.79 Å². The Morgan fingerprint density at radius 2 is 1.90 bits per heavy atom. The minimum atomic E-state index is -0.801. The Hall–Kier alpha value is -3.80. The molecule has 0 aromatic carbocycles. The number of fused-ring (bicyclic) bond motifs is 5. The molecule has 3 aromatic heterocycles. The van der Waals surface area contributed by atoms with Gasteiger partial charge in [0.25, 0.3) is 17.0 Å². The van der Waals surface area contributed by atoms with Crippen LogP contribution in [0.15, 0.2) is 24.9 Å². The zero-order valence-corrected chi connectivity index (χ0v) is 16.1. The van der Waals surface area contributed by atoms with Crippen LogP contribution in [0.3, 0.4) is 0 Å². The zero-order chi connectivity index (χ0) is 21.2. The monoisotopic (exact) mass is 408 g/mol. The second-order valence-electron chi connectivity index (χ2n) is 6.99. The van der Waals surface area contributed by atoms with Crippen molar-refractivity contribution in [1.82, 2.24) is 34.9 Å². The average molecular weight is 408 g/mol. The number of hydrogen-bond donors (Lipinski definition) is 2. The molecule has 0 saturated carbocycles. The number of pyridine rings is 1. The first-order chi connectivity index (χ1) is 14.4. The highest BCUT2D eigenvalue weighted by atomic mass is 16.2. The molecule has 0 radical (unpaired) electrons. The first-order valence-electron chi connectivity index (χ1n) is 9.43. The molecule has 5 heterocycles. The topological polar surface area (TPSA) is 155 Å². The average Bonchev–Trinajstić information content (AvgIpc) is 2.71. The highest BCUT2D eigenvalue weighted by molar-refractivity contribution is 5.93. The lowest BCUT2D eigenvalue weighted by Gasteiger charge is -2.33. The van der Waals surface area contributed by atoms with Crippen LogP contribution in [-0.2, 0) is 11.3 Å². The highest BCUT2D eigenvalue weighted by Crippen LogP contribution is 2.24. The van der Waals surface area contributed by atoms with E-state index in [9.17, 15) is 19.2 Å². The van der Waals surface area contributed by atoms with E-state index < -0.39 is 22.9 Å². The van der Waals surface area contributed by atoms with Crippen LogP contribution >= 0.6 is 0 Å². The molecule has 12 heteroatoms. The van der Waals surface area contributed by atoms with Gasteiger partial charge in [-0.15, -0.1) is 0 Å². The van der Waals surface area contributed by atoms with E-state index in [0.29, 0.717) is 30.7 Å². The van der Waals surface area contributed by atoms with E-state index in [1.165, 1.54) is 0 Å². The predicted octanol–water partition coefficient (Wildman–Crippen LogP) is -2.12. The molecule has 2 aliphatic rings. The maximum absolute atomic E-state index is 12.7. The molecular formula is C18H16N8O4. The van der Waals surface area contributed by atoms with Crippen molar-refractivity contribution in [3.8, 4) is 0 Å². The van der Waals surface area contributed by atoms with Gasteiger partial charge in [0.2, 0.25) is 0 Å². The summed E-state index contributed by atoms with van der Waals surface area (Å²) in [4.78, 5) is 67.7. The van der Waals surface area contributed by atoms with Crippen molar-refractivity contribution in [3.63, 3.8) is 0 Å². The Kier molecular flexibility index (Phi) is 3.86. The summed E-state index contributed by atoms with van der Waals surface area (Å²) in [6, 6.07) is -0.801. The van der Waals surface area contributed by atoms with Crippen molar-refractivity contribution in [2.45, 2.75) is 26.4 Å². The van der Waals surface area contributed by atoms with Gasteiger partial charge < -0.3 is 4.57 Å². The van der Waals surface area contributed by atoms with Crippen molar-refractivity contribution in [1.29, 1.82) is 0 Å². The number of aromatic amines is 1. The van der Waals surface area contributed by atoms with Crippen molar-refractivity contribution in [2.24, 2.45) is 4.99 Å². The highest BCUT2D eigenvalue weighted by Gasteiger charge is 2.33. The number of rotatable bonds is 2. The lowest BCUT2D eigenvalue weighted by molar-refractivity contribution is -0.128. The van der Waals surface area contributed by atoms with Gasteiger partial charge in [0.05, 0.1) is 5.52 Å². The number of H-pyrrole nitrogens is 1. The molecule has 152 valence electrons.